The summed E-state index contributed by atoms with van der Waals surface area (Å²) in [6.45, 7) is 0.744. The number of carbonyl (C=O) groups is 1. The van der Waals surface area contributed by atoms with Gasteiger partial charge in [-0.1, -0.05) is 44.9 Å². The van der Waals surface area contributed by atoms with Crippen LogP contribution in [0.2, 0.25) is 0 Å². The van der Waals surface area contributed by atoms with Crippen LogP contribution < -0.4 is 5.32 Å². The lowest BCUT2D eigenvalue weighted by atomic mass is 10.2. The number of alkyl halides is 1. The molecular weight excluding hydrogens is 461 g/mol. The average molecular weight is 475 g/mol. The maximum Gasteiger partial charge on any atom is 0.252 e. The number of hydrogen-bond donors (Lipinski definition) is 1. The van der Waals surface area contributed by atoms with Crippen LogP contribution >= 0.6 is 54.5 Å². The molecule has 17 heavy (non-hydrogen) atoms. The van der Waals surface area contributed by atoms with Crippen LogP contribution in [-0.2, 0) is 0 Å². The molecule has 2 nitrogen and oxygen atoms in total. The summed E-state index contributed by atoms with van der Waals surface area (Å²) in [5, 5.41) is 2.93. The molecule has 0 bridgehead atoms. The van der Waals surface area contributed by atoms with Crippen molar-refractivity contribution >= 4 is 60.4 Å². The van der Waals surface area contributed by atoms with Gasteiger partial charge in [0, 0.05) is 15.5 Å². The fraction of sp³-hybridized carbons (Fsp3) is 0.417. The van der Waals surface area contributed by atoms with Crippen molar-refractivity contribution in [1.82, 2.24) is 5.32 Å². The summed E-state index contributed by atoms with van der Waals surface area (Å²) in [5.41, 5.74) is 0.674. The second-order valence-electron chi connectivity index (χ2n) is 3.63. The standard InChI is InChI=1S/C12H14Br2INO/c13-9-4-5-11(14)10(8-9)12(17)16-7-3-1-2-6-15/h4-5,8H,1-3,6-7H2,(H,16,17). The van der Waals surface area contributed by atoms with Crippen molar-refractivity contribution in [1.29, 1.82) is 0 Å². The summed E-state index contributed by atoms with van der Waals surface area (Å²) < 4.78 is 2.92. The molecule has 1 N–H and O–H groups in total. The zero-order chi connectivity index (χ0) is 12.7. The Kier molecular flexibility index (Phi) is 7.70. The minimum atomic E-state index is -0.0207. The number of rotatable bonds is 6. The zero-order valence-electron chi connectivity index (χ0n) is 9.31. The lowest BCUT2D eigenvalue weighted by Gasteiger charge is -2.07. The summed E-state index contributed by atoms with van der Waals surface area (Å²) in [5.74, 6) is -0.0207. The molecule has 0 fully saturated rings. The van der Waals surface area contributed by atoms with Crippen LogP contribution in [0.15, 0.2) is 27.1 Å². The van der Waals surface area contributed by atoms with Crippen molar-refractivity contribution in [3.05, 3.63) is 32.7 Å². The van der Waals surface area contributed by atoms with Crippen LogP contribution in [0.25, 0.3) is 0 Å². The van der Waals surface area contributed by atoms with E-state index in [1.807, 2.05) is 18.2 Å². The third-order valence-corrected chi connectivity index (χ3v) is 4.22. The van der Waals surface area contributed by atoms with Crippen LogP contribution in [0.4, 0.5) is 0 Å². The Bertz CT molecular complexity index is 385. The largest absolute Gasteiger partial charge is 0.352 e. The second kappa shape index (κ2) is 8.48. The number of amides is 1. The van der Waals surface area contributed by atoms with Crippen LogP contribution in [0.1, 0.15) is 29.6 Å². The molecule has 0 spiro atoms. The van der Waals surface area contributed by atoms with Gasteiger partial charge < -0.3 is 5.32 Å². The maximum atomic E-state index is 11.9. The molecule has 5 heteroatoms. The van der Waals surface area contributed by atoms with E-state index in [1.165, 1.54) is 17.3 Å². The van der Waals surface area contributed by atoms with Gasteiger partial charge in [-0.25, -0.2) is 0 Å². The molecule has 1 aromatic rings. The molecular formula is C12H14Br2INO. The highest BCUT2D eigenvalue weighted by atomic mass is 127. The Balaban J connectivity index is 2.44. The fourth-order valence-electron chi connectivity index (χ4n) is 1.36. The van der Waals surface area contributed by atoms with E-state index < -0.39 is 0 Å². The van der Waals surface area contributed by atoms with Crippen molar-refractivity contribution in [3.8, 4) is 0 Å². The maximum absolute atomic E-state index is 11.9. The van der Waals surface area contributed by atoms with Crippen molar-refractivity contribution in [2.75, 3.05) is 11.0 Å². The van der Waals surface area contributed by atoms with Gasteiger partial charge in [-0.15, -0.1) is 0 Å². The predicted molar refractivity (Wildman–Crippen MR) is 86.9 cm³/mol. The lowest BCUT2D eigenvalue weighted by molar-refractivity contribution is 0.0952. The number of carbonyl (C=O) groups excluding carboxylic acids is 1. The van der Waals surface area contributed by atoms with Gasteiger partial charge in [0.05, 0.1) is 5.56 Å². The molecule has 0 aliphatic rings. The highest BCUT2D eigenvalue weighted by molar-refractivity contribution is 14.1. The predicted octanol–water partition coefficient (Wildman–Crippen LogP) is 4.55. The molecule has 1 rings (SSSR count). The molecule has 0 atom stereocenters. The van der Waals surface area contributed by atoms with Gasteiger partial charge >= 0.3 is 0 Å². The molecule has 0 aromatic heterocycles. The van der Waals surface area contributed by atoms with Gasteiger partial charge in [0.2, 0.25) is 0 Å². The Morgan fingerprint density at radius 1 is 1.24 bits per heavy atom. The van der Waals surface area contributed by atoms with Gasteiger partial charge in [-0.05, 0) is 51.4 Å². The van der Waals surface area contributed by atoms with Gasteiger partial charge in [-0.3, -0.25) is 4.79 Å². The van der Waals surface area contributed by atoms with E-state index in [9.17, 15) is 4.79 Å². The number of halogens is 3. The topological polar surface area (TPSA) is 29.1 Å². The van der Waals surface area contributed by atoms with E-state index in [1.54, 1.807) is 0 Å². The summed E-state index contributed by atoms with van der Waals surface area (Å²) in [4.78, 5) is 11.9. The van der Waals surface area contributed by atoms with Gasteiger partial charge in [0.15, 0.2) is 0 Å². The van der Waals surface area contributed by atoms with Gasteiger partial charge in [0.1, 0.15) is 0 Å². The number of benzene rings is 1. The Morgan fingerprint density at radius 3 is 2.71 bits per heavy atom. The number of hydrogen-bond acceptors (Lipinski definition) is 1. The quantitative estimate of drug-likeness (QED) is 0.366. The molecule has 0 saturated carbocycles. The van der Waals surface area contributed by atoms with Gasteiger partial charge in [-0.2, -0.15) is 0 Å². The highest BCUT2D eigenvalue weighted by Gasteiger charge is 2.09. The summed E-state index contributed by atoms with van der Waals surface area (Å²) in [6.07, 6.45) is 3.43. The number of unbranched alkanes of at least 4 members (excludes halogenated alkanes) is 2. The average Bonchev–Trinajstić information content (AvgIpc) is 2.32. The first kappa shape index (κ1) is 15.4. The van der Waals surface area contributed by atoms with Crippen LogP contribution in [0.3, 0.4) is 0 Å². The van der Waals surface area contributed by atoms with E-state index in [0.29, 0.717) is 5.56 Å². The van der Waals surface area contributed by atoms with Crippen LogP contribution in [-0.4, -0.2) is 16.9 Å². The minimum absolute atomic E-state index is 0.0207. The summed E-state index contributed by atoms with van der Waals surface area (Å²) >= 11 is 9.12. The molecule has 94 valence electrons. The first-order valence-electron chi connectivity index (χ1n) is 5.44. The van der Waals surface area contributed by atoms with E-state index in [0.717, 1.165) is 21.9 Å². The van der Waals surface area contributed by atoms with E-state index in [4.69, 9.17) is 0 Å². The van der Waals surface area contributed by atoms with E-state index >= 15 is 0 Å². The van der Waals surface area contributed by atoms with Crippen molar-refractivity contribution in [3.63, 3.8) is 0 Å². The molecule has 0 aliphatic heterocycles. The fourth-order valence-corrected chi connectivity index (χ4v) is 2.69. The molecule has 0 saturated heterocycles. The van der Waals surface area contributed by atoms with Crippen LogP contribution in [0, 0.1) is 0 Å². The summed E-state index contributed by atoms with van der Waals surface area (Å²) in [6, 6.07) is 5.60. The third-order valence-electron chi connectivity index (χ3n) is 2.27. The Labute approximate surface area is 132 Å². The number of nitrogens with one attached hydrogen (secondary N) is 1. The third kappa shape index (κ3) is 5.70. The Hall–Kier alpha value is 0.380. The monoisotopic (exact) mass is 473 g/mol. The highest BCUT2D eigenvalue weighted by Crippen LogP contribution is 2.21. The lowest BCUT2D eigenvalue weighted by Crippen LogP contribution is -2.24. The van der Waals surface area contributed by atoms with E-state index in [-0.39, 0.29) is 5.91 Å². The molecule has 0 radical (unpaired) electrons. The van der Waals surface area contributed by atoms with Crippen molar-refractivity contribution in [2.24, 2.45) is 0 Å². The van der Waals surface area contributed by atoms with Gasteiger partial charge in [0.25, 0.3) is 5.91 Å². The normalized spacial score (nSPS) is 10.3. The molecule has 0 aliphatic carbocycles. The van der Waals surface area contributed by atoms with Crippen molar-refractivity contribution < 1.29 is 4.79 Å². The first-order valence-corrected chi connectivity index (χ1v) is 8.55. The SMILES string of the molecule is O=C(NCCCCCI)c1cc(Br)ccc1Br. The smallest absolute Gasteiger partial charge is 0.252 e. The van der Waals surface area contributed by atoms with E-state index in [2.05, 4.69) is 59.8 Å². The minimum Gasteiger partial charge on any atom is -0.352 e. The summed E-state index contributed by atoms with van der Waals surface area (Å²) in [7, 11) is 0. The first-order chi connectivity index (χ1) is 8.15. The molecule has 0 unspecified atom stereocenters. The Morgan fingerprint density at radius 2 is 2.00 bits per heavy atom. The van der Waals surface area contributed by atoms with Crippen molar-refractivity contribution in [2.45, 2.75) is 19.3 Å². The second-order valence-corrected chi connectivity index (χ2v) is 6.48. The molecule has 1 aromatic carbocycles. The molecule has 0 heterocycles. The van der Waals surface area contributed by atoms with Crippen LogP contribution in [0.5, 0.6) is 0 Å². The zero-order valence-corrected chi connectivity index (χ0v) is 14.6. The molecule has 1 amide bonds.